The molecular formula is C128H89N19. The van der Waals surface area contributed by atoms with Crippen LogP contribution in [0.3, 0.4) is 0 Å². The van der Waals surface area contributed by atoms with E-state index < -0.39 is 0 Å². The highest BCUT2D eigenvalue weighted by molar-refractivity contribution is 6.23. The van der Waals surface area contributed by atoms with E-state index in [-0.39, 0.29) is 0 Å². The molecule has 0 unspecified atom stereocenters. The van der Waals surface area contributed by atoms with Gasteiger partial charge in [-0.3, -0.25) is 33.6 Å². The van der Waals surface area contributed by atoms with Gasteiger partial charge in [0.2, 0.25) is 0 Å². The lowest BCUT2D eigenvalue weighted by molar-refractivity contribution is 0.908. The fourth-order valence-corrected chi connectivity index (χ4v) is 20.0. The smallest absolute Gasteiger partial charge is 0.160 e. The Bertz CT molecular complexity index is 8550. The van der Waals surface area contributed by atoms with Gasteiger partial charge in [0.1, 0.15) is 17.5 Å². The van der Waals surface area contributed by atoms with Crippen molar-refractivity contribution < 1.29 is 0 Å². The number of hydrogen-bond acceptors (Lipinski definition) is 16. The van der Waals surface area contributed by atoms with E-state index in [1.807, 2.05) is 158 Å². The van der Waals surface area contributed by atoms with Crippen LogP contribution in [0.25, 0.3) is 251 Å². The van der Waals surface area contributed by atoms with Gasteiger partial charge in [0.15, 0.2) is 17.5 Å². The second-order valence-corrected chi connectivity index (χ2v) is 35.9. The van der Waals surface area contributed by atoms with Crippen LogP contribution in [0.4, 0.5) is 0 Å². The lowest BCUT2D eigenvalue weighted by atomic mass is 9.98. The van der Waals surface area contributed by atoms with Crippen LogP contribution in [0.5, 0.6) is 0 Å². The predicted octanol–water partition coefficient (Wildman–Crippen LogP) is 29.8. The minimum Gasteiger partial charge on any atom is -0.296 e. The van der Waals surface area contributed by atoms with E-state index in [1.54, 1.807) is 24.8 Å². The van der Waals surface area contributed by atoms with Crippen molar-refractivity contribution in [1.82, 2.24) is 93.4 Å². The molecule has 0 amide bonds. The van der Waals surface area contributed by atoms with E-state index in [1.165, 1.54) is 0 Å². The van der Waals surface area contributed by atoms with Crippen LogP contribution in [-0.2, 0) is 19.3 Å². The summed E-state index contributed by atoms with van der Waals surface area (Å²) in [5.74, 6) is 4.95. The maximum Gasteiger partial charge on any atom is 0.160 e. The Morgan fingerprint density at radius 2 is 0.463 bits per heavy atom. The molecule has 14 aromatic carbocycles. The highest BCUT2D eigenvalue weighted by Gasteiger charge is 2.27. The normalized spacial score (nSPS) is 11.4. The number of hydrogen-bond donors (Lipinski definition) is 0. The zero-order valence-electron chi connectivity index (χ0n) is 80.3. The van der Waals surface area contributed by atoms with E-state index in [4.69, 9.17) is 59.8 Å². The quantitative estimate of drug-likeness (QED) is 0.0729. The van der Waals surface area contributed by atoms with E-state index in [2.05, 4.69) is 321 Å². The molecule has 0 atom stereocenters. The van der Waals surface area contributed by atoms with Crippen LogP contribution in [0.15, 0.2) is 450 Å². The standard InChI is InChI=1S/C44H31N5.2C42H29N7/c1-2-40-48-43-39(49(40)33-18-10-5-11-19-33)27-26-35-34-20-12-13-21-36(34)45-42(41(35)43)31-22-24-32(25-23-31)44-46-37(29-14-6-3-7-15-29)28-38(47-44)30-16-8-4-9-17-30;1-2-38-48-41-37(49(38)31-12-4-3-5-13-31)21-20-33-32-14-6-7-15-34(32)45-40(39(33)41)27-16-18-28(19-17-27)42-46-35(29-10-8-22-43-25-29)24-36(47-42)30-11-9-23-44-26-30;1-2-38-48-41-37(49(38)29-12-4-3-5-13-29)23-22-31-30-14-6-7-15-32(30)45-40(39(31)41)27-18-20-28(21-19-27)42-46-35(33-16-8-10-24-43-33)26-36(47-42)34-17-9-11-25-44-34/h3-28H,2H2,1H3;2*3-26H,2H2,1H3. The fraction of sp³-hybridized carbons (Fsp3) is 0.0469. The summed E-state index contributed by atoms with van der Waals surface area (Å²) in [6.07, 6.45) is 13.1. The molecule has 696 valence electrons. The topological polar surface area (TPSA) is 221 Å². The summed E-state index contributed by atoms with van der Waals surface area (Å²) >= 11 is 0. The van der Waals surface area contributed by atoms with Crippen LogP contribution in [-0.4, -0.2) is 93.4 Å². The summed E-state index contributed by atoms with van der Waals surface area (Å²) in [5.41, 5.74) is 31.0. The molecular weight excluding hydrogens is 1800 g/mol. The molecule has 13 aromatic heterocycles. The highest BCUT2D eigenvalue weighted by atomic mass is 15.1. The fourth-order valence-electron chi connectivity index (χ4n) is 20.0. The third kappa shape index (κ3) is 16.9. The van der Waals surface area contributed by atoms with E-state index in [0.29, 0.717) is 17.5 Å². The molecule has 19 heteroatoms. The van der Waals surface area contributed by atoms with Gasteiger partial charge in [0.05, 0.1) is 112 Å². The number of aryl methyl sites for hydroxylation is 3. The first-order valence-electron chi connectivity index (χ1n) is 49.3. The summed E-state index contributed by atoms with van der Waals surface area (Å²) in [6.45, 7) is 6.47. The van der Waals surface area contributed by atoms with Crippen molar-refractivity contribution in [2.45, 2.75) is 40.0 Å². The van der Waals surface area contributed by atoms with Crippen molar-refractivity contribution in [3.63, 3.8) is 0 Å². The number of rotatable bonds is 18. The average Bonchev–Trinajstić information content (AvgIpc) is 1.62. The van der Waals surface area contributed by atoms with Crippen LogP contribution in [0.2, 0.25) is 0 Å². The van der Waals surface area contributed by atoms with Gasteiger partial charge in [-0.1, -0.05) is 294 Å². The van der Waals surface area contributed by atoms with Crippen molar-refractivity contribution >= 4 is 98.1 Å². The molecule has 0 N–H and O–H groups in total. The molecule has 27 aromatic rings. The number of para-hydroxylation sites is 6. The first-order chi connectivity index (χ1) is 72.7. The van der Waals surface area contributed by atoms with Gasteiger partial charge < -0.3 is 0 Å². The van der Waals surface area contributed by atoms with Crippen molar-refractivity contribution in [3.8, 4) is 153 Å². The Hall–Kier alpha value is -19.7. The first-order valence-corrected chi connectivity index (χ1v) is 49.3. The third-order valence-electron chi connectivity index (χ3n) is 27.0. The van der Waals surface area contributed by atoms with Crippen LogP contribution in [0, 0.1) is 0 Å². The van der Waals surface area contributed by atoms with Crippen LogP contribution >= 0.6 is 0 Å². The lowest BCUT2D eigenvalue weighted by Crippen LogP contribution is -1.99. The first kappa shape index (κ1) is 88.7. The molecule has 0 saturated carbocycles. The maximum absolute atomic E-state index is 5.29. The van der Waals surface area contributed by atoms with E-state index in [9.17, 15) is 0 Å². The number of pyridine rings is 7. The number of aromatic nitrogens is 19. The monoisotopic (exact) mass is 1890 g/mol. The molecule has 0 aliphatic rings. The second-order valence-electron chi connectivity index (χ2n) is 35.9. The SMILES string of the molecule is CCc1nc2c3c(-c4ccc(-c5nc(-c6ccccc6)cc(-c6ccccc6)n5)cc4)nc4ccccc4c3ccc2n1-c1ccccc1.CCc1nc2c3c(-c4ccc(-c5nc(-c6ccccn6)cc(-c6ccccn6)n5)cc4)nc4ccccc4c3ccc2n1-c1ccccc1.CCc1nc2c3c(-c4ccc(-c5nc(-c6cccnc6)cc(-c6cccnc6)n5)cc4)nc4ccccc4c3ccc2n1-c1ccccc1. The molecule has 0 fully saturated rings. The summed E-state index contributed by atoms with van der Waals surface area (Å²) in [4.78, 5) is 79.4. The van der Waals surface area contributed by atoms with E-state index >= 15 is 0 Å². The van der Waals surface area contributed by atoms with Gasteiger partial charge in [-0.15, -0.1) is 0 Å². The Morgan fingerprint density at radius 1 is 0.190 bits per heavy atom. The molecule has 0 spiro atoms. The van der Waals surface area contributed by atoms with Gasteiger partial charge in [-0.25, -0.2) is 59.8 Å². The zero-order valence-corrected chi connectivity index (χ0v) is 80.3. The van der Waals surface area contributed by atoms with Crippen molar-refractivity contribution in [1.29, 1.82) is 0 Å². The Labute approximate surface area is 846 Å². The summed E-state index contributed by atoms with van der Waals surface area (Å²) < 4.78 is 6.81. The third-order valence-corrected chi connectivity index (χ3v) is 27.0. The van der Waals surface area contributed by atoms with Crippen LogP contribution < -0.4 is 0 Å². The van der Waals surface area contributed by atoms with Gasteiger partial charge >= 0.3 is 0 Å². The predicted molar refractivity (Wildman–Crippen MR) is 593 cm³/mol. The van der Waals surface area contributed by atoms with Crippen molar-refractivity contribution in [3.05, 3.63) is 467 Å². The molecule has 0 radical (unpaired) electrons. The van der Waals surface area contributed by atoms with Gasteiger partial charge in [-0.2, -0.15) is 0 Å². The number of benzene rings is 14. The molecule has 19 nitrogen and oxygen atoms in total. The molecule has 0 aliphatic carbocycles. The number of nitrogens with zero attached hydrogens (tertiary/aromatic N) is 19. The van der Waals surface area contributed by atoms with Gasteiger partial charge in [-0.05, 0) is 156 Å². The molecule has 27 rings (SSSR count). The molecule has 147 heavy (non-hydrogen) atoms. The molecule has 13 heterocycles. The number of fused-ring (bicyclic) bond motifs is 15. The minimum absolute atomic E-state index is 0.600. The average molecular weight is 1890 g/mol. The van der Waals surface area contributed by atoms with Gasteiger partial charge in [0.25, 0.3) is 0 Å². The van der Waals surface area contributed by atoms with Crippen molar-refractivity contribution in [2.24, 2.45) is 0 Å². The summed E-state index contributed by atoms with van der Waals surface area (Å²) in [6, 6.07) is 141. The highest BCUT2D eigenvalue weighted by Crippen LogP contribution is 2.45. The summed E-state index contributed by atoms with van der Waals surface area (Å²) in [5, 5.41) is 9.87. The minimum atomic E-state index is 0.600. The number of imidazole rings is 3. The Balaban J connectivity index is 0.000000115. The Morgan fingerprint density at radius 3 is 0.762 bits per heavy atom. The lowest BCUT2D eigenvalue weighted by Gasteiger charge is -2.13. The zero-order chi connectivity index (χ0) is 98.2. The molecule has 0 aliphatic heterocycles. The maximum atomic E-state index is 5.29. The Kier molecular flexibility index (Phi) is 23.4. The van der Waals surface area contributed by atoms with Gasteiger partial charge in [0, 0.05) is 161 Å². The van der Waals surface area contributed by atoms with Crippen LogP contribution in [0.1, 0.15) is 38.2 Å². The summed E-state index contributed by atoms with van der Waals surface area (Å²) in [7, 11) is 0. The molecule has 0 bridgehead atoms. The van der Waals surface area contributed by atoms with E-state index in [0.717, 1.165) is 270 Å². The second kappa shape index (κ2) is 38.7. The largest absolute Gasteiger partial charge is 0.296 e. The van der Waals surface area contributed by atoms with Crippen molar-refractivity contribution in [2.75, 3.05) is 0 Å². The molecule has 0 saturated heterocycles.